The number of benzene rings is 2. The molecule has 0 spiro atoms. The second-order valence-electron chi connectivity index (χ2n) is 6.69. The number of nitrogens with zero attached hydrogens (tertiary/aromatic N) is 1. The van der Waals surface area contributed by atoms with Crippen LogP contribution >= 0.6 is 11.8 Å². The van der Waals surface area contributed by atoms with E-state index >= 15 is 0 Å². The van der Waals surface area contributed by atoms with Crippen molar-refractivity contribution in [1.29, 1.82) is 0 Å². The summed E-state index contributed by atoms with van der Waals surface area (Å²) in [5.74, 6) is 1.43. The molecule has 0 saturated carbocycles. The second kappa shape index (κ2) is 7.50. The summed E-state index contributed by atoms with van der Waals surface area (Å²) in [5.41, 5.74) is 3.88. The summed E-state index contributed by atoms with van der Waals surface area (Å²) in [4.78, 5) is 17.4. The highest BCUT2D eigenvalue weighted by Crippen LogP contribution is 2.34. The van der Waals surface area contributed by atoms with Gasteiger partial charge in [-0.2, -0.15) is 0 Å². The maximum absolute atomic E-state index is 11.5. The SMILES string of the molecule is CC(=O)c1ccc2nc(Oc3ccc(SC(C)C)c(C)c3C)ccc2c1. The summed E-state index contributed by atoms with van der Waals surface area (Å²) in [6.45, 7) is 10.2. The average Bonchev–Trinajstić information content (AvgIpc) is 2.60. The van der Waals surface area contributed by atoms with Crippen LogP contribution in [0.4, 0.5) is 0 Å². The zero-order valence-corrected chi connectivity index (χ0v) is 16.6. The largest absolute Gasteiger partial charge is 0.439 e. The summed E-state index contributed by atoms with van der Waals surface area (Å²) in [6.07, 6.45) is 0. The molecular weight excluding hydrogens is 342 g/mol. The van der Waals surface area contributed by atoms with Gasteiger partial charge >= 0.3 is 0 Å². The van der Waals surface area contributed by atoms with Crippen molar-refractivity contribution in [3.8, 4) is 11.6 Å². The van der Waals surface area contributed by atoms with E-state index in [1.807, 2.05) is 42.1 Å². The lowest BCUT2D eigenvalue weighted by Gasteiger charge is -2.15. The van der Waals surface area contributed by atoms with E-state index in [1.165, 1.54) is 10.5 Å². The number of aromatic nitrogens is 1. The van der Waals surface area contributed by atoms with Crippen molar-refractivity contribution in [3.63, 3.8) is 0 Å². The number of hydrogen-bond donors (Lipinski definition) is 0. The molecule has 0 unspecified atom stereocenters. The lowest BCUT2D eigenvalue weighted by Crippen LogP contribution is -1.96. The van der Waals surface area contributed by atoms with Crippen LogP contribution in [-0.4, -0.2) is 16.0 Å². The summed E-state index contributed by atoms with van der Waals surface area (Å²) >= 11 is 1.86. The van der Waals surface area contributed by atoms with E-state index in [4.69, 9.17) is 4.74 Å². The van der Waals surface area contributed by atoms with E-state index in [2.05, 4.69) is 38.7 Å². The van der Waals surface area contributed by atoms with Gasteiger partial charge in [0, 0.05) is 27.2 Å². The van der Waals surface area contributed by atoms with Crippen LogP contribution in [0.15, 0.2) is 47.4 Å². The highest BCUT2D eigenvalue weighted by Gasteiger charge is 2.11. The van der Waals surface area contributed by atoms with Gasteiger partial charge in [0.15, 0.2) is 5.78 Å². The lowest BCUT2D eigenvalue weighted by molar-refractivity contribution is 0.101. The minimum absolute atomic E-state index is 0.0534. The van der Waals surface area contributed by atoms with Gasteiger partial charge in [-0.15, -0.1) is 11.8 Å². The summed E-state index contributed by atoms with van der Waals surface area (Å²) in [6, 6.07) is 13.4. The first-order chi connectivity index (χ1) is 12.3. The minimum Gasteiger partial charge on any atom is -0.439 e. The van der Waals surface area contributed by atoms with Crippen molar-refractivity contribution in [1.82, 2.24) is 4.98 Å². The molecule has 2 aromatic carbocycles. The molecule has 0 radical (unpaired) electrons. The van der Waals surface area contributed by atoms with E-state index in [-0.39, 0.29) is 5.78 Å². The molecule has 0 amide bonds. The van der Waals surface area contributed by atoms with Crippen LogP contribution < -0.4 is 4.74 Å². The molecule has 3 aromatic rings. The molecule has 1 aromatic heterocycles. The molecule has 0 fully saturated rings. The molecule has 0 atom stereocenters. The molecule has 0 saturated heterocycles. The number of carbonyl (C=O) groups excluding carboxylic acids is 1. The van der Waals surface area contributed by atoms with Gasteiger partial charge in [0.05, 0.1) is 5.52 Å². The first-order valence-electron chi connectivity index (χ1n) is 8.71. The van der Waals surface area contributed by atoms with Gasteiger partial charge in [-0.05, 0) is 68.3 Å². The van der Waals surface area contributed by atoms with Crippen molar-refractivity contribution in [2.75, 3.05) is 0 Å². The molecule has 134 valence electrons. The number of fused-ring (bicyclic) bond motifs is 1. The lowest BCUT2D eigenvalue weighted by atomic mass is 10.1. The van der Waals surface area contributed by atoms with Crippen molar-refractivity contribution in [2.24, 2.45) is 0 Å². The Morgan fingerprint density at radius 2 is 1.81 bits per heavy atom. The van der Waals surface area contributed by atoms with Crippen LogP contribution in [0, 0.1) is 13.8 Å². The monoisotopic (exact) mass is 365 g/mol. The van der Waals surface area contributed by atoms with Crippen molar-refractivity contribution in [2.45, 2.75) is 44.8 Å². The summed E-state index contributed by atoms with van der Waals surface area (Å²) in [5, 5.41) is 1.48. The van der Waals surface area contributed by atoms with Crippen LogP contribution in [-0.2, 0) is 0 Å². The van der Waals surface area contributed by atoms with Gasteiger partial charge in [0.25, 0.3) is 0 Å². The quantitative estimate of drug-likeness (QED) is 0.390. The van der Waals surface area contributed by atoms with E-state index in [1.54, 1.807) is 13.0 Å². The predicted molar refractivity (Wildman–Crippen MR) is 109 cm³/mol. The van der Waals surface area contributed by atoms with Gasteiger partial charge in [-0.25, -0.2) is 4.98 Å². The fourth-order valence-electron chi connectivity index (χ4n) is 2.76. The third kappa shape index (κ3) is 3.91. The van der Waals surface area contributed by atoms with Crippen LogP contribution in [0.25, 0.3) is 10.9 Å². The van der Waals surface area contributed by atoms with Crippen molar-refractivity contribution >= 4 is 28.4 Å². The molecule has 0 bridgehead atoms. The average molecular weight is 365 g/mol. The third-order valence-electron chi connectivity index (χ3n) is 4.34. The maximum Gasteiger partial charge on any atom is 0.219 e. The first-order valence-corrected chi connectivity index (χ1v) is 9.59. The molecule has 0 aliphatic heterocycles. The topological polar surface area (TPSA) is 39.2 Å². The Morgan fingerprint density at radius 3 is 2.50 bits per heavy atom. The third-order valence-corrected chi connectivity index (χ3v) is 5.50. The Morgan fingerprint density at radius 1 is 1.04 bits per heavy atom. The molecule has 0 aliphatic carbocycles. The molecule has 26 heavy (non-hydrogen) atoms. The fraction of sp³-hybridized carbons (Fsp3) is 0.273. The highest BCUT2D eigenvalue weighted by molar-refractivity contribution is 8.00. The predicted octanol–water partition coefficient (Wildman–Crippen LogP) is 6.35. The van der Waals surface area contributed by atoms with E-state index in [9.17, 15) is 4.79 Å². The van der Waals surface area contributed by atoms with Gasteiger partial charge in [-0.1, -0.05) is 13.8 Å². The number of Topliss-reactive ketones (excluding diaryl/α,β-unsaturated/α-hetero) is 1. The smallest absolute Gasteiger partial charge is 0.219 e. The van der Waals surface area contributed by atoms with Crippen LogP contribution in [0.3, 0.4) is 0 Å². The number of rotatable bonds is 5. The number of thioether (sulfide) groups is 1. The Labute approximate surface area is 158 Å². The maximum atomic E-state index is 11.5. The van der Waals surface area contributed by atoms with E-state index in [0.717, 1.165) is 22.2 Å². The van der Waals surface area contributed by atoms with Crippen LogP contribution in [0.1, 0.15) is 42.3 Å². The number of ether oxygens (including phenoxy) is 1. The second-order valence-corrected chi connectivity index (χ2v) is 8.31. The normalized spacial score (nSPS) is 11.2. The summed E-state index contributed by atoms with van der Waals surface area (Å²) in [7, 11) is 0. The van der Waals surface area contributed by atoms with Crippen molar-refractivity contribution < 1.29 is 9.53 Å². The minimum atomic E-state index is 0.0534. The zero-order valence-electron chi connectivity index (χ0n) is 15.8. The molecule has 1 heterocycles. The van der Waals surface area contributed by atoms with E-state index < -0.39 is 0 Å². The Bertz CT molecular complexity index is 979. The number of ketones is 1. The molecular formula is C22H23NO2S. The van der Waals surface area contributed by atoms with E-state index in [0.29, 0.717) is 16.7 Å². The molecule has 0 N–H and O–H groups in total. The first kappa shape index (κ1) is 18.5. The Kier molecular flexibility index (Phi) is 5.33. The number of carbonyl (C=O) groups is 1. The number of hydrogen-bond acceptors (Lipinski definition) is 4. The van der Waals surface area contributed by atoms with Gasteiger partial charge < -0.3 is 4.74 Å². The number of pyridine rings is 1. The molecule has 0 aliphatic rings. The Balaban J connectivity index is 1.90. The van der Waals surface area contributed by atoms with Crippen LogP contribution in [0.5, 0.6) is 11.6 Å². The van der Waals surface area contributed by atoms with Gasteiger partial charge in [0.2, 0.25) is 5.88 Å². The fourth-order valence-corrected chi connectivity index (χ4v) is 3.74. The standard InChI is InChI=1S/C22H23NO2S/c1-13(2)26-21-10-9-20(14(3)15(21)4)25-22-11-7-18-12-17(16(5)24)6-8-19(18)23-22/h6-13H,1-5H3. The van der Waals surface area contributed by atoms with Gasteiger partial charge in [-0.3, -0.25) is 4.79 Å². The summed E-state index contributed by atoms with van der Waals surface area (Å²) < 4.78 is 6.05. The highest BCUT2D eigenvalue weighted by atomic mass is 32.2. The van der Waals surface area contributed by atoms with Gasteiger partial charge in [0.1, 0.15) is 5.75 Å². The van der Waals surface area contributed by atoms with Crippen LogP contribution in [0.2, 0.25) is 0 Å². The molecule has 3 rings (SSSR count). The molecule has 4 heteroatoms. The zero-order chi connectivity index (χ0) is 18.8. The molecule has 3 nitrogen and oxygen atoms in total. The van der Waals surface area contributed by atoms with Crippen molar-refractivity contribution in [3.05, 3.63) is 59.2 Å². The Hall–Kier alpha value is -2.33.